The smallest absolute Gasteiger partial charge is 0.337 e. The third kappa shape index (κ3) is 5.39. The van der Waals surface area contributed by atoms with Crippen LogP contribution in [0, 0.1) is 25.2 Å². The molecule has 1 saturated heterocycles. The molecule has 1 saturated carbocycles. The number of aromatic nitrogens is 1. The molecular formula is C30H29Cl2N3O5. The predicted molar refractivity (Wildman–Crippen MR) is 154 cm³/mol. The number of anilines is 1. The van der Waals surface area contributed by atoms with Crippen molar-refractivity contribution in [2.45, 2.75) is 32.3 Å². The molecule has 2 fully saturated rings. The fourth-order valence-corrected chi connectivity index (χ4v) is 5.68. The van der Waals surface area contributed by atoms with Gasteiger partial charge < -0.3 is 25.0 Å². The highest BCUT2D eigenvalue weighted by Gasteiger charge is 2.45. The Labute approximate surface area is 242 Å². The first-order valence-electron chi connectivity index (χ1n) is 12.8. The third-order valence-corrected chi connectivity index (χ3v) is 8.00. The van der Waals surface area contributed by atoms with E-state index in [9.17, 15) is 15.0 Å². The number of ether oxygens (including phenoxy) is 1. The molecule has 2 aliphatic rings. The monoisotopic (exact) mass is 581 g/mol. The van der Waals surface area contributed by atoms with Crippen LogP contribution in [0.3, 0.4) is 0 Å². The Balaban J connectivity index is 1.30. The molecule has 1 aliphatic heterocycles. The average Bonchev–Trinajstić information content (AvgIpc) is 3.72. The zero-order valence-corrected chi connectivity index (χ0v) is 23.6. The van der Waals surface area contributed by atoms with Crippen molar-refractivity contribution in [3.8, 4) is 5.75 Å². The minimum atomic E-state index is -1.21. The number of benzene rings is 2. The van der Waals surface area contributed by atoms with E-state index in [0.29, 0.717) is 43.9 Å². The quantitative estimate of drug-likeness (QED) is 0.178. The summed E-state index contributed by atoms with van der Waals surface area (Å²) in [5.41, 5.74) is 2.02. The topological polar surface area (TPSA) is 127 Å². The fraction of sp³-hybridized carbons (Fsp3) is 0.300. The number of aromatic carboxylic acids is 1. The summed E-state index contributed by atoms with van der Waals surface area (Å²) in [7, 11) is 0. The number of aliphatic hydroxyl groups excluding tert-OH is 1. The molecule has 2 heterocycles. The Kier molecular flexibility index (Phi) is 7.52. The van der Waals surface area contributed by atoms with E-state index in [2.05, 4.69) is 4.98 Å². The maximum atomic E-state index is 11.3. The highest BCUT2D eigenvalue weighted by Crippen LogP contribution is 2.41. The molecule has 208 valence electrons. The molecule has 4 N–H and O–H groups in total. The molecule has 0 spiro atoms. The van der Waals surface area contributed by atoms with Crippen LogP contribution in [0.5, 0.6) is 5.75 Å². The molecule has 0 unspecified atom stereocenters. The fourth-order valence-electron chi connectivity index (χ4n) is 5.02. The van der Waals surface area contributed by atoms with Crippen molar-refractivity contribution in [3.63, 3.8) is 0 Å². The zero-order valence-electron chi connectivity index (χ0n) is 22.0. The van der Waals surface area contributed by atoms with Gasteiger partial charge in [0, 0.05) is 23.2 Å². The van der Waals surface area contributed by atoms with Crippen molar-refractivity contribution in [1.29, 1.82) is 5.41 Å². The highest BCUT2D eigenvalue weighted by molar-refractivity contribution is 6.35. The average molecular weight is 582 g/mol. The molecule has 0 amide bonds. The van der Waals surface area contributed by atoms with Gasteiger partial charge >= 0.3 is 5.97 Å². The summed E-state index contributed by atoms with van der Waals surface area (Å²) in [4.78, 5) is 17.3. The lowest BCUT2D eigenvalue weighted by Crippen LogP contribution is -2.60. The standard InChI is InChI=1S/C30H29Cl2N3O5/c1-16-4-3-5-23(31)25(16)26(33)21(27(36)18-6-7-18)13-40-20-8-9-22(24(32)11-20)30(39)14-35(15-30)28-17(2)10-19(12-34-28)29(37)38/h3-5,8-12,18,33,36,39H,6-7,13-15H2,1-2H3,(H,37,38)/b27-21-,33-26?. The lowest BCUT2D eigenvalue weighted by Gasteiger charge is -2.48. The SMILES string of the molecule is Cc1cc(C(=O)O)cnc1N1CC(O)(c2ccc(OC/C(C(=N)c3c(C)cccc3Cl)=C(/O)C3CC3)cc2Cl)C1. The van der Waals surface area contributed by atoms with Gasteiger partial charge in [0.15, 0.2) is 0 Å². The van der Waals surface area contributed by atoms with Crippen LogP contribution < -0.4 is 9.64 Å². The Bertz CT molecular complexity index is 1520. The summed E-state index contributed by atoms with van der Waals surface area (Å²) in [6.07, 6.45) is 3.02. The molecule has 8 nitrogen and oxygen atoms in total. The van der Waals surface area contributed by atoms with Crippen LogP contribution in [0.4, 0.5) is 5.82 Å². The Morgan fingerprint density at radius 3 is 2.42 bits per heavy atom. The van der Waals surface area contributed by atoms with E-state index in [1.165, 1.54) is 6.20 Å². The summed E-state index contributed by atoms with van der Waals surface area (Å²) in [5, 5.41) is 40.9. The van der Waals surface area contributed by atoms with Gasteiger partial charge in [-0.05, 0) is 62.1 Å². The van der Waals surface area contributed by atoms with Crippen LogP contribution in [0.1, 0.15) is 45.5 Å². The molecule has 0 radical (unpaired) electrons. The minimum absolute atomic E-state index is 0.0157. The number of aryl methyl sites for hydroxylation is 2. The number of rotatable bonds is 9. The number of halogens is 2. The molecular weight excluding hydrogens is 553 g/mol. The minimum Gasteiger partial charge on any atom is -0.512 e. The summed E-state index contributed by atoms with van der Waals surface area (Å²) >= 11 is 13.0. The number of aliphatic hydroxyl groups is 2. The number of nitrogens with zero attached hydrogens (tertiary/aromatic N) is 2. The van der Waals surface area contributed by atoms with Crippen molar-refractivity contribution in [2.75, 3.05) is 24.6 Å². The van der Waals surface area contributed by atoms with Crippen LogP contribution in [-0.4, -0.2) is 51.7 Å². The van der Waals surface area contributed by atoms with E-state index in [1.54, 1.807) is 37.3 Å². The number of carbonyl (C=O) groups is 1. The van der Waals surface area contributed by atoms with Crippen LogP contribution in [0.15, 0.2) is 60.0 Å². The number of pyridine rings is 1. The normalized spacial score (nSPS) is 16.7. The molecule has 1 aromatic heterocycles. The van der Waals surface area contributed by atoms with Crippen LogP contribution in [-0.2, 0) is 5.60 Å². The van der Waals surface area contributed by atoms with E-state index in [1.807, 2.05) is 24.0 Å². The molecule has 0 atom stereocenters. The molecule has 2 aromatic carbocycles. The predicted octanol–water partition coefficient (Wildman–Crippen LogP) is 6.08. The van der Waals surface area contributed by atoms with Crippen molar-refractivity contribution in [1.82, 2.24) is 4.98 Å². The maximum absolute atomic E-state index is 11.3. The van der Waals surface area contributed by atoms with Gasteiger partial charge in [-0.2, -0.15) is 0 Å². The van der Waals surface area contributed by atoms with E-state index in [4.69, 9.17) is 38.5 Å². The van der Waals surface area contributed by atoms with Gasteiger partial charge in [-0.15, -0.1) is 0 Å². The second kappa shape index (κ2) is 10.8. The van der Waals surface area contributed by atoms with Crippen LogP contribution in [0.25, 0.3) is 0 Å². The summed E-state index contributed by atoms with van der Waals surface area (Å²) in [5.74, 6) is 0.160. The zero-order chi connectivity index (χ0) is 28.8. The Hall–Kier alpha value is -3.59. The molecule has 0 bridgehead atoms. The summed E-state index contributed by atoms with van der Waals surface area (Å²) in [6.45, 7) is 4.08. The van der Waals surface area contributed by atoms with Crippen molar-refractivity contribution < 1.29 is 24.9 Å². The van der Waals surface area contributed by atoms with E-state index in [-0.39, 0.29) is 42.6 Å². The highest BCUT2D eigenvalue weighted by atomic mass is 35.5. The number of hydrogen-bond acceptors (Lipinski definition) is 7. The van der Waals surface area contributed by atoms with E-state index in [0.717, 1.165) is 18.4 Å². The van der Waals surface area contributed by atoms with Gasteiger partial charge in [-0.25, -0.2) is 9.78 Å². The number of allylic oxidation sites excluding steroid dienone is 1. The largest absolute Gasteiger partial charge is 0.512 e. The van der Waals surface area contributed by atoms with Gasteiger partial charge in [0.1, 0.15) is 29.5 Å². The van der Waals surface area contributed by atoms with E-state index < -0.39 is 11.6 Å². The third-order valence-electron chi connectivity index (χ3n) is 7.37. The van der Waals surface area contributed by atoms with Gasteiger partial charge in [0.05, 0.1) is 40.0 Å². The van der Waals surface area contributed by atoms with Crippen LogP contribution in [0.2, 0.25) is 10.0 Å². The molecule has 1 aliphatic carbocycles. The lowest BCUT2D eigenvalue weighted by atomic mass is 9.85. The second-order valence-corrected chi connectivity index (χ2v) is 11.2. The van der Waals surface area contributed by atoms with E-state index >= 15 is 0 Å². The lowest BCUT2D eigenvalue weighted by molar-refractivity contribution is 0.00704. The Morgan fingerprint density at radius 1 is 1.10 bits per heavy atom. The maximum Gasteiger partial charge on any atom is 0.337 e. The van der Waals surface area contributed by atoms with Crippen molar-refractivity contribution >= 4 is 40.7 Å². The first-order valence-corrected chi connectivity index (χ1v) is 13.6. The molecule has 3 aromatic rings. The number of β-amino-alcohol motifs (C(OH)–C–C–N with tert-alkyl or cyclic N) is 1. The number of hydrogen-bond donors (Lipinski definition) is 4. The first kappa shape index (κ1) is 28.0. The molecule has 40 heavy (non-hydrogen) atoms. The number of carboxylic acid groups (broad SMARTS) is 1. The molecule has 5 rings (SSSR count). The van der Waals surface area contributed by atoms with Gasteiger partial charge in [0.25, 0.3) is 0 Å². The summed E-state index contributed by atoms with van der Waals surface area (Å²) < 4.78 is 5.99. The number of nitrogens with one attached hydrogen (secondary N) is 1. The number of carboxylic acids is 1. The molecule has 10 heteroatoms. The van der Waals surface area contributed by atoms with Gasteiger partial charge in [-0.1, -0.05) is 41.4 Å². The summed E-state index contributed by atoms with van der Waals surface area (Å²) in [6, 6.07) is 12.0. The van der Waals surface area contributed by atoms with Gasteiger partial charge in [0.2, 0.25) is 0 Å². The van der Waals surface area contributed by atoms with Gasteiger partial charge in [-0.3, -0.25) is 5.41 Å². The van der Waals surface area contributed by atoms with Crippen molar-refractivity contribution in [2.24, 2.45) is 5.92 Å². The second-order valence-electron chi connectivity index (χ2n) is 10.4. The Morgan fingerprint density at radius 2 is 1.82 bits per heavy atom. The first-order chi connectivity index (χ1) is 19.0. The van der Waals surface area contributed by atoms with Crippen molar-refractivity contribution in [3.05, 3.63) is 97.9 Å². The van der Waals surface area contributed by atoms with Crippen LogP contribution >= 0.6 is 23.2 Å².